The van der Waals surface area contributed by atoms with E-state index in [0.29, 0.717) is 5.56 Å². The molecule has 0 radical (unpaired) electrons. The first-order valence-corrected chi connectivity index (χ1v) is 6.60. The van der Waals surface area contributed by atoms with Crippen molar-refractivity contribution in [2.45, 2.75) is 13.0 Å². The van der Waals surface area contributed by atoms with Gasteiger partial charge in [0.15, 0.2) is 0 Å². The summed E-state index contributed by atoms with van der Waals surface area (Å²) in [6.45, 7) is 1.74. The van der Waals surface area contributed by atoms with Gasteiger partial charge >= 0.3 is 5.97 Å². The summed E-state index contributed by atoms with van der Waals surface area (Å²) < 4.78 is 5.24. The highest BCUT2D eigenvalue weighted by Crippen LogP contribution is 2.20. The first-order valence-electron chi connectivity index (χ1n) is 6.60. The SMILES string of the molecule is CC(OC(=O)C=Cc1ccccc1[N+](=O)[O-])c1ccncc1. The minimum atomic E-state index is -0.567. The molecule has 0 spiro atoms. The van der Waals surface area contributed by atoms with Gasteiger partial charge in [-0.25, -0.2) is 4.79 Å². The van der Waals surface area contributed by atoms with E-state index in [1.807, 2.05) is 0 Å². The molecule has 0 fully saturated rings. The first kappa shape index (κ1) is 15.4. The Morgan fingerprint density at radius 2 is 1.95 bits per heavy atom. The van der Waals surface area contributed by atoms with E-state index in [9.17, 15) is 14.9 Å². The molecule has 2 aromatic rings. The Morgan fingerprint density at radius 3 is 2.64 bits per heavy atom. The number of carbonyl (C=O) groups is 1. The summed E-state index contributed by atoms with van der Waals surface area (Å²) >= 11 is 0. The van der Waals surface area contributed by atoms with Gasteiger partial charge in [0.1, 0.15) is 6.10 Å². The second kappa shape index (κ2) is 7.12. The highest BCUT2D eigenvalue weighted by Gasteiger charge is 2.12. The van der Waals surface area contributed by atoms with Crippen LogP contribution in [0.15, 0.2) is 54.9 Å². The largest absolute Gasteiger partial charge is 0.455 e. The third-order valence-corrected chi connectivity index (χ3v) is 3.00. The fourth-order valence-corrected chi connectivity index (χ4v) is 1.87. The lowest BCUT2D eigenvalue weighted by molar-refractivity contribution is -0.385. The zero-order valence-electron chi connectivity index (χ0n) is 11.9. The van der Waals surface area contributed by atoms with Gasteiger partial charge in [-0.05, 0) is 36.8 Å². The van der Waals surface area contributed by atoms with Crippen LogP contribution in [0.25, 0.3) is 6.08 Å². The Morgan fingerprint density at radius 1 is 1.27 bits per heavy atom. The molecule has 1 unspecified atom stereocenters. The average molecular weight is 298 g/mol. The number of hydrogen-bond donors (Lipinski definition) is 0. The minimum Gasteiger partial charge on any atom is -0.455 e. The topological polar surface area (TPSA) is 82.3 Å². The molecule has 0 aliphatic carbocycles. The lowest BCUT2D eigenvalue weighted by Crippen LogP contribution is -2.06. The Balaban J connectivity index is 2.05. The van der Waals surface area contributed by atoms with Crippen LogP contribution in [-0.2, 0) is 9.53 Å². The number of aromatic nitrogens is 1. The van der Waals surface area contributed by atoms with Gasteiger partial charge in [0.05, 0.1) is 10.5 Å². The van der Waals surface area contributed by atoms with E-state index < -0.39 is 17.0 Å². The summed E-state index contributed by atoms with van der Waals surface area (Å²) in [7, 11) is 0. The first-order chi connectivity index (χ1) is 10.6. The number of nitro groups is 1. The molecule has 112 valence electrons. The Labute approximate surface area is 127 Å². The number of esters is 1. The Hall–Kier alpha value is -3.02. The van der Waals surface area contributed by atoms with E-state index in [-0.39, 0.29) is 5.69 Å². The smallest absolute Gasteiger partial charge is 0.331 e. The van der Waals surface area contributed by atoms with Crippen LogP contribution < -0.4 is 0 Å². The molecular formula is C16H14N2O4. The average Bonchev–Trinajstić information content (AvgIpc) is 2.54. The summed E-state index contributed by atoms with van der Waals surface area (Å²) in [5.41, 5.74) is 1.11. The number of nitrogens with zero attached hydrogens (tertiary/aromatic N) is 2. The van der Waals surface area contributed by atoms with Crippen molar-refractivity contribution in [1.82, 2.24) is 4.98 Å². The zero-order chi connectivity index (χ0) is 15.9. The fourth-order valence-electron chi connectivity index (χ4n) is 1.87. The van der Waals surface area contributed by atoms with Gasteiger partial charge < -0.3 is 4.74 Å². The summed E-state index contributed by atoms with van der Waals surface area (Å²) in [6, 6.07) is 9.68. The lowest BCUT2D eigenvalue weighted by Gasteiger charge is -2.11. The van der Waals surface area contributed by atoms with Crippen molar-refractivity contribution in [2.24, 2.45) is 0 Å². The molecule has 0 N–H and O–H groups in total. The van der Waals surface area contributed by atoms with Crippen molar-refractivity contribution >= 4 is 17.7 Å². The quantitative estimate of drug-likeness (QED) is 0.366. The van der Waals surface area contributed by atoms with Crippen LogP contribution in [0.4, 0.5) is 5.69 Å². The van der Waals surface area contributed by atoms with E-state index in [1.165, 1.54) is 18.2 Å². The maximum absolute atomic E-state index is 11.8. The van der Waals surface area contributed by atoms with Crippen LogP contribution >= 0.6 is 0 Å². The molecule has 1 heterocycles. The molecule has 0 aliphatic heterocycles. The summed E-state index contributed by atoms with van der Waals surface area (Å²) in [5, 5.41) is 10.9. The van der Waals surface area contributed by atoms with E-state index in [0.717, 1.165) is 5.56 Å². The van der Waals surface area contributed by atoms with E-state index in [4.69, 9.17) is 4.74 Å². The molecule has 1 atom stereocenters. The van der Waals surface area contributed by atoms with Crippen LogP contribution in [0.5, 0.6) is 0 Å². The molecule has 0 bridgehead atoms. The standard InChI is InChI=1S/C16H14N2O4/c1-12(13-8-10-17-11-9-13)22-16(19)7-6-14-4-2-3-5-15(14)18(20)21/h2-12H,1H3. The number of ether oxygens (including phenoxy) is 1. The number of pyridine rings is 1. The van der Waals surface area contributed by atoms with Gasteiger partial charge in [-0.3, -0.25) is 15.1 Å². The van der Waals surface area contributed by atoms with Crippen molar-refractivity contribution in [2.75, 3.05) is 0 Å². The third-order valence-electron chi connectivity index (χ3n) is 3.00. The number of hydrogen-bond acceptors (Lipinski definition) is 5. The maximum atomic E-state index is 11.8. The second-order valence-corrected chi connectivity index (χ2v) is 4.51. The Kier molecular flexibility index (Phi) is 4.98. The van der Waals surface area contributed by atoms with Crippen molar-refractivity contribution in [3.63, 3.8) is 0 Å². The lowest BCUT2D eigenvalue weighted by atomic mass is 10.1. The van der Waals surface area contributed by atoms with Gasteiger partial charge in [0.25, 0.3) is 5.69 Å². The summed E-state index contributed by atoms with van der Waals surface area (Å²) in [4.78, 5) is 26.1. The molecule has 22 heavy (non-hydrogen) atoms. The monoisotopic (exact) mass is 298 g/mol. The van der Waals surface area contributed by atoms with Crippen LogP contribution in [0, 0.1) is 10.1 Å². The molecule has 0 saturated carbocycles. The van der Waals surface area contributed by atoms with E-state index in [1.54, 1.807) is 49.6 Å². The number of benzene rings is 1. The fraction of sp³-hybridized carbons (Fsp3) is 0.125. The molecular weight excluding hydrogens is 284 g/mol. The summed E-state index contributed by atoms with van der Waals surface area (Å²) in [6.07, 6.45) is 5.36. The highest BCUT2D eigenvalue weighted by atomic mass is 16.6. The van der Waals surface area contributed by atoms with Gasteiger partial charge in [-0.15, -0.1) is 0 Å². The number of rotatable bonds is 5. The number of nitro benzene ring substituents is 1. The van der Waals surface area contributed by atoms with Crippen LogP contribution in [0.2, 0.25) is 0 Å². The number of para-hydroxylation sites is 1. The second-order valence-electron chi connectivity index (χ2n) is 4.51. The molecule has 2 rings (SSSR count). The van der Waals surface area contributed by atoms with Crippen LogP contribution in [0.1, 0.15) is 24.2 Å². The molecule has 6 heteroatoms. The van der Waals surface area contributed by atoms with Crippen molar-refractivity contribution in [1.29, 1.82) is 0 Å². The van der Waals surface area contributed by atoms with Crippen molar-refractivity contribution < 1.29 is 14.5 Å². The summed E-state index contributed by atoms with van der Waals surface area (Å²) in [5.74, 6) is -0.567. The van der Waals surface area contributed by atoms with Crippen molar-refractivity contribution in [3.8, 4) is 0 Å². The normalized spacial score (nSPS) is 12.0. The predicted molar refractivity (Wildman–Crippen MR) is 80.9 cm³/mol. The third kappa shape index (κ3) is 3.99. The van der Waals surface area contributed by atoms with Gasteiger partial charge in [0, 0.05) is 24.5 Å². The molecule has 1 aromatic heterocycles. The van der Waals surface area contributed by atoms with E-state index >= 15 is 0 Å². The van der Waals surface area contributed by atoms with Crippen LogP contribution in [-0.4, -0.2) is 15.9 Å². The highest BCUT2D eigenvalue weighted by molar-refractivity contribution is 5.88. The van der Waals surface area contributed by atoms with Gasteiger partial charge in [0.2, 0.25) is 0 Å². The molecule has 6 nitrogen and oxygen atoms in total. The maximum Gasteiger partial charge on any atom is 0.331 e. The predicted octanol–water partition coefficient (Wildman–Crippen LogP) is 3.31. The van der Waals surface area contributed by atoms with Gasteiger partial charge in [-0.1, -0.05) is 12.1 Å². The molecule has 0 saturated heterocycles. The minimum absolute atomic E-state index is 0.0614. The number of carbonyl (C=O) groups excluding carboxylic acids is 1. The van der Waals surface area contributed by atoms with Crippen LogP contribution in [0.3, 0.4) is 0 Å². The molecule has 0 amide bonds. The van der Waals surface area contributed by atoms with Gasteiger partial charge in [-0.2, -0.15) is 0 Å². The molecule has 0 aliphatic rings. The molecule has 1 aromatic carbocycles. The van der Waals surface area contributed by atoms with E-state index in [2.05, 4.69) is 4.98 Å². The van der Waals surface area contributed by atoms with Crippen molar-refractivity contribution in [3.05, 3.63) is 76.1 Å². The zero-order valence-corrected chi connectivity index (χ0v) is 11.9. The Bertz CT molecular complexity index is 698.